The Morgan fingerprint density at radius 2 is 1.82 bits per heavy atom. The van der Waals surface area contributed by atoms with E-state index in [2.05, 4.69) is 26.8 Å². The van der Waals surface area contributed by atoms with Crippen LogP contribution in [-0.4, -0.2) is 49.2 Å². The second-order valence-corrected chi connectivity index (χ2v) is 7.34. The summed E-state index contributed by atoms with van der Waals surface area (Å²) in [4.78, 5) is 47.7. The summed E-state index contributed by atoms with van der Waals surface area (Å²) >= 11 is 0. The normalized spacial score (nSPS) is 16.2. The Bertz CT molecular complexity index is 1040. The first kappa shape index (κ1) is 23.5. The fourth-order valence-electron chi connectivity index (χ4n) is 3.49. The molecule has 0 aromatic heterocycles. The highest BCUT2D eigenvalue weighted by molar-refractivity contribution is 5.95. The highest BCUT2D eigenvalue weighted by Gasteiger charge is 2.42. The number of hydrogen-bond acceptors (Lipinski definition) is 6. The van der Waals surface area contributed by atoms with Gasteiger partial charge in [0.2, 0.25) is 0 Å². The van der Waals surface area contributed by atoms with Crippen molar-refractivity contribution in [1.82, 2.24) is 21.5 Å². The summed E-state index contributed by atoms with van der Waals surface area (Å²) in [5.41, 5.74) is 5.57. The number of nitrogens with one attached hydrogen (secondary N) is 5. The topological polar surface area (TPSA) is 158 Å². The van der Waals surface area contributed by atoms with Crippen molar-refractivity contribution in [3.8, 4) is 0 Å². The van der Waals surface area contributed by atoms with Gasteiger partial charge in [-0.15, -0.1) is 0 Å². The predicted octanol–water partition coefficient (Wildman–Crippen LogP) is 0.759. The first-order chi connectivity index (χ1) is 15.9. The average Bonchev–Trinajstić information content (AvgIpc) is 3.19. The lowest BCUT2D eigenvalue weighted by atomic mass is 9.96. The predicted molar refractivity (Wildman–Crippen MR) is 118 cm³/mol. The molecular formula is C22H25N5O6. The maximum atomic E-state index is 12.3. The molecule has 0 radical (unpaired) electrons. The van der Waals surface area contributed by atoms with Gasteiger partial charge in [0.25, 0.3) is 11.8 Å². The van der Waals surface area contributed by atoms with Crippen molar-refractivity contribution in [2.24, 2.45) is 0 Å². The number of aliphatic hydroxyl groups is 1. The number of hydrogen-bond donors (Lipinski definition) is 6. The highest BCUT2D eigenvalue weighted by Crippen LogP contribution is 2.41. The minimum Gasteiger partial charge on any atom is -0.436 e. The van der Waals surface area contributed by atoms with E-state index >= 15 is 0 Å². The molecule has 11 heteroatoms. The standard InChI is InChI=1S/C22H25N5O6/c1-23-20(31)25-16-7-8-17-15(11-16)9-10-22(17,13-28)33-21(32)24-12-18(29)26-27-19(30)14-5-3-2-4-6-14/h2-8,11,28H,9-10,12-13H2,1H3,(H,24,32)(H,26,29)(H,27,30)(H2,23,25,31)/t22-/m1/s1. The van der Waals surface area contributed by atoms with Gasteiger partial charge in [-0.2, -0.15) is 0 Å². The van der Waals surface area contributed by atoms with Crippen LogP contribution in [0.3, 0.4) is 0 Å². The first-order valence-electron chi connectivity index (χ1n) is 10.2. The minimum atomic E-state index is -1.26. The Kier molecular flexibility index (Phi) is 7.46. The van der Waals surface area contributed by atoms with E-state index in [-0.39, 0.29) is 6.03 Å². The van der Waals surface area contributed by atoms with Crippen molar-refractivity contribution in [3.63, 3.8) is 0 Å². The fraction of sp³-hybridized carbons (Fsp3) is 0.273. The Hall–Kier alpha value is -4.12. The van der Waals surface area contributed by atoms with Crippen molar-refractivity contribution in [3.05, 3.63) is 65.2 Å². The lowest BCUT2D eigenvalue weighted by Crippen LogP contribution is -2.47. The Balaban J connectivity index is 1.53. The molecular weight excluding hydrogens is 430 g/mol. The smallest absolute Gasteiger partial charge is 0.408 e. The van der Waals surface area contributed by atoms with Gasteiger partial charge < -0.3 is 25.8 Å². The van der Waals surface area contributed by atoms with Crippen LogP contribution < -0.4 is 26.8 Å². The molecule has 0 aliphatic heterocycles. The number of hydrazine groups is 1. The highest BCUT2D eigenvalue weighted by atomic mass is 16.6. The Labute approximate surface area is 189 Å². The quantitative estimate of drug-likeness (QED) is 0.353. The molecule has 33 heavy (non-hydrogen) atoms. The van der Waals surface area contributed by atoms with E-state index in [1.807, 2.05) is 0 Å². The Morgan fingerprint density at radius 3 is 2.52 bits per heavy atom. The zero-order chi connectivity index (χ0) is 23.8. The first-order valence-corrected chi connectivity index (χ1v) is 10.2. The third-order valence-electron chi connectivity index (χ3n) is 5.17. The lowest BCUT2D eigenvalue weighted by Gasteiger charge is -2.28. The van der Waals surface area contributed by atoms with Gasteiger partial charge in [0, 0.05) is 23.9 Å². The van der Waals surface area contributed by atoms with Gasteiger partial charge in [-0.1, -0.05) is 24.3 Å². The summed E-state index contributed by atoms with van der Waals surface area (Å²) in [6, 6.07) is 13.0. The van der Waals surface area contributed by atoms with Crippen LogP contribution in [0.5, 0.6) is 0 Å². The number of ether oxygens (including phenoxy) is 1. The molecule has 0 bridgehead atoms. The molecule has 0 heterocycles. The maximum Gasteiger partial charge on any atom is 0.408 e. The number of aliphatic hydroxyl groups excluding tert-OH is 1. The third kappa shape index (κ3) is 5.77. The van der Waals surface area contributed by atoms with E-state index in [0.29, 0.717) is 29.7 Å². The van der Waals surface area contributed by atoms with E-state index < -0.39 is 36.7 Å². The van der Waals surface area contributed by atoms with Gasteiger partial charge in [0.05, 0.1) is 6.61 Å². The molecule has 0 saturated heterocycles. The number of carbonyl (C=O) groups is 4. The number of alkyl carbamates (subject to hydrolysis) is 1. The van der Waals surface area contributed by atoms with Crippen molar-refractivity contribution in [2.75, 3.05) is 25.5 Å². The molecule has 1 aliphatic rings. The number of amides is 5. The van der Waals surface area contributed by atoms with Crippen LogP contribution in [0.1, 0.15) is 27.9 Å². The van der Waals surface area contributed by atoms with Crippen LogP contribution >= 0.6 is 0 Å². The van der Waals surface area contributed by atoms with Crippen molar-refractivity contribution in [1.29, 1.82) is 0 Å². The van der Waals surface area contributed by atoms with Gasteiger partial charge in [-0.3, -0.25) is 20.4 Å². The zero-order valence-electron chi connectivity index (χ0n) is 17.9. The summed E-state index contributed by atoms with van der Waals surface area (Å²) in [7, 11) is 1.50. The van der Waals surface area contributed by atoms with Crippen LogP contribution in [0.4, 0.5) is 15.3 Å². The number of carbonyl (C=O) groups excluding carboxylic acids is 4. The zero-order valence-corrected chi connectivity index (χ0v) is 17.9. The third-order valence-corrected chi connectivity index (χ3v) is 5.17. The van der Waals surface area contributed by atoms with E-state index in [1.165, 1.54) is 7.05 Å². The van der Waals surface area contributed by atoms with Gasteiger partial charge in [0.1, 0.15) is 6.54 Å². The second kappa shape index (κ2) is 10.5. The van der Waals surface area contributed by atoms with Crippen LogP contribution in [0.2, 0.25) is 0 Å². The van der Waals surface area contributed by atoms with Gasteiger partial charge >= 0.3 is 12.1 Å². The number of aryl methyl sites for hydroxylation is 1. The van der Waals surface area contributed by atoms with E-state index in [9.17, 15) is 24.3 Å². The molecule has 6 N–H and O–H groups in total. The van der Waals surface area contributed by atoms with Crippen molar-refractivity contribution >= 4 is 29.6 Å². The molecule has 2 aromatic carbocycles. The van der Waals surface area contributed by atoms with Crippen molar-refractivity contribution < 1.29 is 29.0 Å². The average molecular weight is 455 g/mol. The number of rotatable bonds is 6. The molecule has 11 nitrogen and oxygen atoms in total. The number of benzene rings is 2. The van der Waals surface area contributed by atoms with Crippen LogP contribution in [0.25, 0.3) is 0 Å². The molecule has 2 aromatic rings. The van der Waals surface area contributed by atoms with Crippen molar-refractivity contribution in [2.45, 2.75) is 18.4 Å². The monoisotopic (exact) mass is 455 g/mol. The molecule has 1 atom stereocenters. The molecule has 174 valence electrons. The summed E-state index contributed by atoms with van der Waals surface area (Å²) < 4.78 is 5.49. The van der Waals surface area contributed by atoms with Gasteiger partial charge in [0.15, 0.2) is 5.60 Å². The summed E-state index contributed by atoms with van der Waals surface area (Å²) in [6.07, 6.45) is -0.0259. The number of urea groups is 1. The van der Waals surface area contributed by atoms with Crippen LogP contribution in [0.15, 0.2) is 48.5 Å². The SMILES string of the molecule is CNC(=O)Nc1ccc2c(c1)CC[C@]2(CO)OC(=O)NCC(=O)NNC(=O)c1ccccc1. The Morgan fingerprint density at radius 1 is 1.06 bits per heavy atom. The largest absolute Gasteiger partial charge is 0.436 e. The minimum absolute atomic E-state index is 0.342. The number of fused-ring (bicyclic) bond motifs is 1. The molecule has 1 aliphatic carbocycles. The van der Waals surface area contributed by atoms with Crippen LogP contribution in [-0.2, 0) is 21.6 Å². The maximum absolute atomic E-state index is 12.3. The fourth-order valence-corrected chi connectivity index (χ4v) is 3.49. The van der Waals surface area contributed by atoms with E-state index in [0.717, 1.165) is 5.56 Å². The molecule has 5 amide bonds. The lowest BCUT2D eigenvalue weighted by molar-refractivity contribution is -0.121. The summed E-state index contributed by atoms with van der Waals surface area (Å²) in [6.45, 7) is -0.897. The molecule has 0 spiro atoms. The molecule has 0 unspecified atom stereocenters. The summed E-state index contributed by atoms with van der Waals surface area (Å²) in [5, 5.41) is 17.4. The van der Waals surface area contributed by atoms with E-state index in [1.54, 1.807) is 48.5 Å². The van der Waals surface area contributed by atoms with E-state index in [4.69, 9.17) is 4.74 Å². The number of anilines is 1. The second-order valence-electron chi connectivity index (χ2n) is 7.34. The van der Waals surface area contributed by atoms with Crippen LogP contribution in [0, 0.1) is 0 Å². The molecule has 0 fully saturated rings. The summed E-state index contributed by atoms with van der Waals surface area (Å²) in [5.74, 6) is -1.16. The van der Waals surface area contributed by atoms with Gasteiger partial charge in [-0.25, -0.2) is 9.59 Å². The molecule has 3 rings (SSSR count). The van der Waals surface area contributed by atoms with Gasteiger partial charge in [-0.05, 0) is 42.7 Å². The molecule has 0 saturated carbocycles.